The van der Waals surface area contributed by atoms with Crippen molar-refractivity contribution in [1.29, 1.82) is 0 Å². The van der Waals surface area contributed by atoms with Crippen LogP contribution >= 0.6 is 0 Å². The lowest BCUT2D eigenvalue weighted by Crippen LogP contribution is -2.41. The Labute approximate surface area is 104 Å². The van der Waals surface area contributed by atoms with Crippen molar-refractivity contribution in [3.63, 3.8) is 0 Å². The van der Waals surface area contributed by atoms with Gasteiger partial charge in [0.1, 0.15) is 0 Å². The standard InChI is InChI=1S/C12H15NO5/c1-7-6-8(4-5-17-7)13-11(14)9-2-3-10(18-9)12(15)16/h2-3,7-8H,4-6H2,1H3,(H,13,14)(H,15,16). The predicted octanol–water partition coefficient (Wildman–Crippen LogP) is 1.28. The number of carboxylic acids is 1. The maximum absolute atomic E-state index is 11.8. The van der Waals surface area contributed by atoms with Crippen LogP contribution in [0.2, 0.25) is 0 Å². The second-order valence-electron chi connectivity index (χ2n) is 4.35. The summed E-state index contributed by atoms with van der Waals surface area (Å²) in [5, 5.41) is 11.5. The fourth-order valence-electron chi connectivity index (χ4n) is 1.96. The lowest BCUT2D eigenvalue weighted by Gasteiger charge is -2.27. The molecular weight excluding hydrogens is 238 g/mol. The van der Waals surface area contributed by atoms with E-state index in [0.29, 0.717) is 6.61 Å². The highest BCUT2D eigenvalue weighted by molar-refractivity contribution is 5.93. The van der Waals surface area contributed by atoms with Crippen molar-refractivity contribution in [3.05, 3.63) is 23.7 Å². The van der Waals surface area contributed by atoms with Gasteiger partial charge >= 0.3 is 5.97 Å². The summed E-state index contributed by atoms with van der Waals surface area (Å²) in [6.45, 7) is 2.57. The molecule has 0 saturated carbocycles. The highest BCUT2D eigenvalue weighted by atomic mass is 16.5. The van der Waals surface area contributed by atoms with Crippen LogP contribution in [0.3, 0.4) is 0 Å². The van der Waals surface area contributed by atoms with E-state index in [-0.39, 0.29) is 29.6 Å². The number of hydrogen-bond acceptors (Lipinski definition) is 4. The Balaban J connectivity index is 1.96. The molecule has 1 aromatic rings. The zero-order valence-corrected chi connectivity index (χ0v) is 10.0. The van der Waals surface area contributed by atoms with Gasteiger partial charge in [-0.05, 0) is 31.9 Å². The van der Waals surface area contributed by atoms with E-state index in [9.17, 15) is 9.59 Å². The van der Waals surface area contributed by atoms with Gasteiger partial charge in [0, 0.05) is 12.6 Å². The van der Waals surface area contributed by atoms with Gasteiger partial charge in [0.25, 0.3) is 5.91 Å². The quantitative estimate of drug-likeness (QED) is 0.846. The highest BCUT2D eigenvalue weighted by Crippen LogP contribution is 2.14. The molecule has 0 aromatic carbocycles. The molecule has 2 heterocycles. The summed E-state index contributed by atoms with van der Waals surface area (Å²) in [6.07, 6.45) is 1.62. The molecule has 1 fully saturated rings. The van der Waals surface area contributed by atoms with Crippen molar-refractivity contribution in [3.8, 4) is 0 Å². The number of furan rings is 1. The van der Waals surface area contributed by atoms with Crippen LogP contribution < -0.4 is 5.32 Å². The second kappa shape index (κ2) is 5.22. The van der Waals surface area contributed by atoms with Crippen molar-refractivity contribution >= 4 is 11.9 Å². The van der Waals surface area contributed by atoms with Crippen molar-refractivity contribution in [2.24, 2.45) is 0 Å². The van der Waals surface area contributed by atoms with Gasteiger partial charge in [-0.25, -0.2) is 4.79 Å². The maximum atomic E-state index is 11.8. The van der Waals surface area contributed by atoms with Crippen LogP contribution in [0, 0.1) is 0 Å². The lowest BCUT2D eigenvalue weighted by atomic mass is 10.0. The van der Waals surface area contributed by atoms with Crippen LogP contribution in [0.4, 0.5) is 0 Å². The summed E-state index contributed by atoms with van der Waals surface area (Å²) >= 11 is 0. The molecule has 1 saturated heterocycles. The zero-order chi connectivity index (χ0) is 13.1. The molecule has 18 heavy (non-hydrogen) atoms. The van der Waals surface area contributed by atoms with Gasteiger partial charge in [0.15, 0.2) is 5.76 Å². The molecule has 2 rings (SSSR count). The van der Waals surface area contributed by atoms with E-state index in [4.69, 9.17) is 14.3 Å². The molecule has 98 valence electrons. The Kier molecular flexibility index (Phi) is 3.66. The molecule has 2 atom stereocenters. The molecule has 0 spiro atoms. The Hall–Kier alpha value is -1.82. The largest absolute Gasteiger partial charge is 0.475 e. The number of hydrogen-bond donors (Lipinski definition) is 2. The number of carbonyl (C=O) groups excluding carboxylic acids is 1. The van der Waals surface area contributed by atoms with E-state index in [1.165, 1.54) is 12.1 Å². The van der Waals surface area contributed by atoms with Crippen LogP contribution in [0.5, 0.6) is 0 Å². The molecule has 0 radical (unpaired) electrons. The van der Waals surface area contributed by atoms with E-state index in [1.54, 1.807) is 0 Å². The first kappa shape index (κ1) is 12.6. The first-order valence-electron chi connectivity index (χ1n) is 5.82. The molecule has 2 unspecified atom stereocenters. The van der Waals surface area contributed by atoms with Gasteiger partial charge in [0.05, 0.1) is 6.10 Å². The first-order chi connectivity index (χ1) is 8.56. The van der Waals surface area contributed by atoms with E-state index >= 15 is 0 Å². The highest BCUT2D eigenvalue weighted by Gasteiger charge is 2.23. The molecule has 0 bridgehead atoms. The minimum Gasteiger partial charge on any atom is -0.475 e. The monoisotopic (exact) mass is 253 g/mol. The molecular formula is C12H15NO5. The average molecular weight is 253 g/mol. The molecule has 6 heteroatoms. The normalized spacial score (nSPS) is 23.6. The smallest absolute Gasteiger partial charge is 0.371 e. The zero-order valence-electron chi connectivity index (χ0n) is 10.0. The molecule has 0 aliphatic carbocycles. The second-order valence-corrected chi connectivity index (χ2v) is 4.35. The number of nitrogens with one attached hydrogen (secondary N) is 1. The van der Waals surface area contributed by atoms with Gasteiger partial charge in [-0.15, -0.1) is 0 Å². The Morgan fingerprint density at radius 3 is 2.72 bits per heavy atom. The number of carbonyl (C=O) groups is 2. The predicted molar refractivity (Wildman–Crippen MR) is 61.6 cm³/mol. The third-order valence-electron chi connectivity index (χ3n) is 2.86. The van der Waals surface area contributed by atoms with Crippen molar-refractivity contribution in [2.75, 3.05) is 6.61 Å². The van der Waals surface area contributed by atoms with Crippen LogP contribution in [-0.4, -0.2) is 35.7 Å². The van der Waals surface area contributed by atoms with Crippen molar-refractivity contribution in [2.45, 2.75) is 31.9 Å². The summed E-state index contributed by atoms with van der Waals surface area (Å²) in [4.78, 5) is 22.4. The third-order valence-corrected chi connectivity index (χ3v) is 2.86. The average Bonchev–Trinajstić information content (AvgIpc) is 2.78. The summed E-state index contributed by atoms with van der Waals surface area (Å²) in [6, 6.07) is 2.67. The third kappa shape index (κ3) is 2.89. The number of rotatable bonds is 3. The van der Waals surface area contributed by atoms with Crippen LogP contribution in [0.25, 0.3) is 0 Å². The van der Waals surface area contributed by atoms with E-state index in [2.05, 4.69) is 5.32 Å². The summed E-state index contributed by atoms with van der Waals surface area (Å²) in [7, 11) is 0. The van der Waals surface area contributed by atoms with Crippen LogP contribution in [-0.2, 0) is 4.74 Å². The number of carboxylic acid groups (broad SMARTS) is 1. The SMILES string of the molecule is CC1CC(NC(=O)c2ccc(C(=O)O)o2)CCO1. The maximum Gasteiger partial charge on any atom is 0.371 e. The fraction of sp³-hybridized carbons (Fsp3) is 0.500. The minimum atomic E-state index is -1.19. The fourth-order valence-corrected chi connectivity index (χ4v) is 1.96. The summed E-state index contributed by atoms with van der Waals surface area (Å²) in [5.74, 6) is -1.79. The topological polar surface area (TPSA) is 88.8 Å². The van der Waals surface area contributed by atoms with E-state index in [0.717, 1.165) is 12.8 Å². The van der Waals surface area contributed by atoms with Gasteiger partial charge < -0.3 is 19.6 Å². The summed E-state index contributed by atoms with van der Waals surface area (Å²) < 4.78 is 10.3. The van der Waals surface area contributed by atoms with Gasteiger partial charge in [0.2, 0.25) is 5.76 Å². The molecule has 1 amide bonds. The van der Waals surface area contributed by atoms with Gasteiger partial charge in [-0.1, -0.05) is 0 Å². The van der Waals surface area contributed by atoms with Gasteiger partial charge in [-0.3, -0.25) is 4.79 Å². The van der Waals surface area contributed by atoms with E-state index < -0.39 is 5.97 Å². The van der Waals surface area contributed by atoms with Gasteiger partial charge in [-0.2, -0.15) is 0 Å². The van der Waals surface area contributed by atoms with Crippen molar-refractivity contribution in [1.82, 2.24) is 5.32 Å². The van der Waals surface area contributed by atoms with Crippen molar-refractivity contribution < 1.29 is 23.8 Å². The molecule has 1 aliphatic rings. The molecule has 1 aliphatic heterocycles. The van der Waals surface area contributed by atoms with Crippen LogP contribution in [0.1, 0.15) is 40.9 Å². The molecule has 1 aromatic heterocycles. The first-order valence-corrected chi connectivity index (χ1v) is 5.82. The number of ether oxygens (including phenoxy) is 1. The molecule has 2 N–H and O–H groups in total. The number of aromatic carboxylic acids is 1. The van der Waals surface area contributed by atoms with Crippen LogP contribution in [0.15, 0.2) is 16.5 Å². The Bertz CT molecular complexity index is 453. The summed E-state index contributed by atoms with van der Waals surface area (Å²) in [5.41, 5.74) is 0. The Morgan fingerprint density at radius 1 is 1.39 bits per heavy atom. The minimum absolute atomic E-state index is 0.0199. The lowest BCUT2D eigenvalue weighted by molar-refractivity contribution is 0.0134. The number of amides is 1. The molecule has 6 nitrogen and oxygen atoms in total. The van der Waals surface area contributed by atoms with E-state index in [1.807, 2.05) is 6.92 Å². The Morgan fingerprint density at radius 2 is 2.11 bits per heavy atom.